The van der Waals surface area contributed by atoms with E-state index < -0.39 is 48.0 Å². The SMILES string of the molecule is O=C(CNC(Cc1ccccc1)(c1cc(F)cc(C(F)(F)F)c1)c1ccc(Cl)cn1)CC(F)(F)F. The Kier molecular flexibility index (Phi) is 7.86. The van der Waals surface area contributed by atoms with Gasteiger partial charge in [-0.15, -0.1) is 0 Å². The third-order valence-corrected chi connectivity index (χ3v) is 5.40. The zero-order valence-electron chi connectivity index (χ0n) is 17.9. The molecule has 1 unspecified atom stereocenters. The van der Waals surface area contributed by atoms with E-state index in [1.807, 2.05) is 0 Å². The standard InChI is InChI=1S/C24H18ClF7N2O/c25-18-6-7-21(33-13-18)22(11-15-4-2-1-3-5-15,34-14-20(35)12-23(27,28)29)16-8-17(24(30,31)32)10-19(26)9-16/h1-10,13,34H,11-12,14H2. The van der Waals surface area contributed by atoms with Gasteiger partial charge in [-0.2, -0.15) is 26.3 Å². The number of carbonyl (C=O) groups excluding carboxylic acids is 1. The highest BCUT2D eigenvalue weighted by Crippen LogP contribution is 2.38. The summed E-state index contributed by atoms with van der Waals surface area (Å²) in [4.78, 5) is 16.3. The summed E-state index contributed by atoms with van der Waals surface area (Å²) in [6.07, 6.45) is -10.4. The Morgan fingerprint density at radius 3 is 2.14 bits per heavy atom. The second kappa shape index (κ2) is 10.3. The molecule has 0 aliphatic carbocycles. The molecule has 1 N–H and O–H groups in total. The van der Waals surface area contributed by atoms with Crippen molar-refractivity contribution in [1.29, 1.82) is 0 Å². The van der Waals surface area contributed by atoms with Crippen molar-refractivity contribution in [2.24, 2.45) is 0 Å². The number of Topliss-reactive ketones (excluding diaryl/α,β-unsaturated/α-hetero) is 1. The minimum Gasteiger partial charge on any atom is -0.298 e. The molecule has 0 saturated carbocycles. The Morgan fingerprint density at radius 2 is 1.57 bits per heavy atom. The van der Waals surface area contributed by atoms with E-state index in [-0.39, 0.29) is 22.7 Å². The van der Waals surface area contributed by atoms with Gasteiger partial charge in [-0.05, 0) is 41.5 Å². The normalized spacial score (nSPS) is 13.9. The van der Waals surface area contributed by atoms with Crippen molar-refractivity contribution >= 4 is 17.4 Å². The highest BCUT2D eigenvalue weighted by molar-refractivity contribution is 6.30. The lowest BCUT2D eigenvalue weighted by Crippen LogP contribution is -2.48. The molecule has 3 rings (SSSR count). The van der Waals surface area contributed by atoms with E-state index in [0.29, 0.717) is 17.7 Å². The minimum atomic E-state index is -4.91. The quantitative estimate of drug-likeness (QED) is 0.347. The summed E-state index contributed by atoms with van der Waals surface area (Å²) in [6, 6.07) is 12.8. The number of hydrogen-bond donors (Lipinski definition) is 1. The lowest BCUT2D eigenvalue weighted by molar-refractivity contribution is -0.151. The molecular formula is C24H18ClF7N2O. The van der Waals surface area contributed by atoms with Crippen LogP contribution in [0.1, 0.15) is 28.8 Å². The van der Waals surface area contributed by atoms with Crippen LogP contribution >= 0.6 is 11.6 Å². The highest BCUT2D eigenvalue weighted by Gasteiger charge is 2.40. The summed E-state index contributed by atoms with van der Waals surface area (Å²) >= 11 is 5.91. The van der Waals surface area contributed by atoms with E-state index in [0.717, 1.165) is 6.07 Å². The first kappa shape index (κ1) is 26.6. The molecule has 1 aromatic heterocycles. The Labute approximate surface area is 200 Å². The molecule has 1 atom stereocenters. The van der Waals surface area contributed by atoms with Crippen LogP contribution in [-0.4, -0.2) is 23.5 Å². The van der Waals surface area contributed by atoms with Crippen LogP contribution in [0.4, 0.5) is 30.7 Å². The third-order valence-electron chi connectivity index (χ3n) is 5.18. The average Bonchev–Trinajstić information content (AvgIpc) is 2.76. The van der Waals surface area contributed by atoms with E-state index in [2.05, 4.69) is 10.3 Å². The molecule has 0 saturated heterocycles. The molecule has 0 bridgehead atoms. The van der Waals surface area contributed by atoms with Crippen LogP contribution in [0.15, 0.2) is 66.9 Å². The molecular weight excluding hydrogens is 501 g/mol. The Balaban J connectivity index is 2.22. The van der Waals surface area contributed by atoms with E-state index in [1.165, 1.54) is 18.3 Å². The number of rotatable bonds is 8. The summed E-state index contributed by atoms with van der Waals surface area (Å²) in [6.45, 7) is -0.867. The molecule has 11 heteroatoms. The van der Waals surface area contributed by atoms with Crippen LogP contribution in [0.25, 0.3) is 0 Å². The predicted molar refractivity (Wildman–Crippen MR) is 115 cm³/mol. The van der Waals surface area contributed by atoms with Gasteiger partial charge in [0.25, 0.3) is 0 Å². The van der Waals surface area contributed by atoms with Gasteiger partial charge in [-0.25, -0.2) is 4.39 Å². The first-order chi connectivity index (χ1) is 16.3. The van der Waals surface area contributed by atoms with Crippen molar-refractivity contribution in [2.45, 2.75) is 30.7 Å². The van der Waals surface area contributed by atoms with Crippen LogP contribution < -0.4 is 5.32 Å². The Hall–Kier alpha value is -2.98. The van der Waals surface area contributed by atoms with Gasteiger partial charge in [-0.3, -0.25) is 15.1 Å². The minimum absolute atomic E-state index is 0.0317. The van der Waals surface area contributed by atoms with Gasteiger partial charge in [0.15, 0.2) is 5.78 Å². The Morgan fingerprint density at radius 1 is 0.914 bits per heavy atom. The molecule has 0 spiro atoms. The summed E-state index contributed by atoms with van der Waals surface area (Å²) in [5, 5.41) is 2.86. The van der Waals surface area contributed by atoms with Crippen molar-refractivity contribution in [3.8, 4) is 0 Å². The number of benzene rings is 2. The van der Waals surface area contributed by atoms with Gasteiger partial charge >= 0.3 is 12.4 Å². The van der Waals surface area contributed by atoms with Crippen molar-refractivity contribution in [1.82, 2.24) is 10.3 Å². The zero-order valence-corrected chi connectivity index (χ0v) is 18.6. The summed E-state index contributed by atoms with van der Waals surface area (Å²) in [7, 11) is 0. The van der Waals surface area contributed by atoms with Gasteiger partial charge in [-0.1, -0.05) is 41.9 Å². The summed E-state index contributed by atoms with van der Waals surface area (Å²) < 4.78 is 93.2. The van der Waals surface area contributed by atoms with E-state index in [9.17, 15) is 35.5 Å². The number of ketones is 1. The molecule has 3 nitrogen and oxygen atoms in total. The number of aromatic nitrogens is 1. The fourth-order valence-corrected chi connectivity index (χ4v) is 3.77. The Bertz CT molecular complexity index is 1170. The van der Waals surface area contributed by atoms with Crippen molar-refractivity contribution < 1.29 is 35.5 Å². The van der Waals surface area contributed by atoms with Gasteiger partial charge < -0.3 is 0 Å². The lowest BCUT2D eigenvalue weighted by atomic mass is 9.79. The third kappa shape index (κ3) is 7.02. The van der Waals surface area contributed by atoms with Crippen LogP contribution in [-0.2, 0) is 22.9 Å². The maximum Gasteiger partial charge on any atom is 0.416 e. The van der Waals surface area contributed by atoms with Crippen molar-refractivity contribution in [2.75, 3.05) is 6.54 Å². The van der Waals surface area contributed by atoms with Crippen LogP contribution in [0, 0.1) is 5.82 Å². The number of halogens is 8. The number of pyridine rings is 1. The molecule has 186 valence electrons. The molecule has 0 aliphatic rings. The fraction of sp³-hybridized carbons (Fsp3) is 0.250. The molecule has 2 aromatic carbocycles. The van der Waals surface area contributed by atoms with Gasteiger partial charge in [0.1, 0.15) is 12.2 Å². The monoisotopic (exact) mass is 518 g/mol. The molecule has 0 radical (unpaired) electrons. The summed E-state index contributed by atoms with van der Waals surface area (Å²) in [5.74, 6) is -2.47. The molecule has 3 aromatic rings. The lowest BCUT2D eigenvalue weighted by Gasteiger charge is -2.36. The van der Waals surface area contributed by atoms with Gasteiger partial charge in [0.2, 0.25) is 0 Å². The fourth-order valence-electron chi connectivity index (χ4n) is 3.66. The van der Waals surface area contributed by atoms with Crippen LogP contribution in [0.2, 0.25) is 5.02 Å². The zero-order chi connectivity index (χ0) is 25.9. The maximum atomic E-state index is 14.4. The van der Waals surface area contributed by atoms with Crippen molar-refractivity contribution in [3.63, 3.8) is 0 Å². The first-order valence-corrected chi connectivity index (χ1v) is 10.5. The average molecular weight is 519 g/mol. The predicted octanol–water partition coefficient (Wildman–Crippen LogP) is 6.49. The number of alkyl halides is 6. The summed E-state index contributed by atoms with van der Waals surface area (Å²) in [5.41, 5.74) is -2.82. The van der Waals surface area contributed by atoms with Gasteiger partial charge in [0.05, 0.1) is 28.4 Å². The van der Waals surface area contributed by atoms with Crippen molar-refractivity contribution in [3.05, 3.63) is 100 Å². The number of nitrogens with zero attached hydrogens (tertiary/aromatic N) is 1. The highest BCUT2D eigenvalue weighted by atomic mass is 35.5. The molecule has 1 heterocycles. The van der Waals surface area contributed by atoms with E-state index in [1.54, 1.807) is 30.3 Å². The van der Waals surface area contributed by atoms with Crippen LogP contribution in [0.5, 0.6) is 0 Å². The van der Waals surface area contributed by atoms with E-state index in [4.69, 9.17) is 11.6 Å². The second-order valence-corrected chi connectivity index (χ2v) is 8.28. The van der Waals surface area contributed by atoms with E-state index >= 15 is 0 Å². The maximum absolute atomic E-state index is 14.4. The molecule has 35 heavy (non-hydrogen) atoms. The number of hydrogen-bond acceptors (Lipinski definition) is 3. The molecule has 0 fully saturated rings. The first-order valence-electron chi connectivity index (χ1n) is 10.2. The van der Waals surface area contributed by atoms with Crippen LogP contribution in [0.3, 0.4) is 0 Å². The topological polar surface area (TPSA) is 42.0 Å². The smallest absolute Gasteiger partial charge is 0.298 e. The largest absolute Gasteiger partial charge is 0.416 e. The number of nitrogens with one attached hydrogen (secondary N) is 1. The number of carbonyl (C=O) groups is 1. The second-order valence-electron chi connectivity index (χ2n) is 7.84. The van der Waals surface area contributed by atoms with Gasteiger partial charge in [0, 0.05) is 12.6 Å². The molecule has 0 amide bonds. The molecule has 0 aliphatic heterocycles.